The van der Waals surface area contributed by atoms with E-state index in [0.29, 0.717) is 5.69 Å². The minimum Gasteiger partial charge on any atom is -0.234 e. The predicted molar refractivity (Wildman–Crippen MR) is 37.4 cm³/mol. The van der Waals surface area contributed by atoms with E-state index >= 15 is 0 Å². The van der Waals surface area contributed by atoms with Gasteiger partial charge in [-0.05, 0) is 13.0 Å². The highest BCUT2D eigenvalue weighted by Crippen LogP contribution is 1.97. The lowest BCUT2D eigenvalue weighted by molar-refractivity contribution is -0.446. The minimum absolute atomic E-state index is 0.00926. The lowest BCUT2D eigenvalue weighted by atomic mass is 10.5. The van der Waals surface area contributed by atoms with Gasteiger partial charge in [0.05, 0.1) is 0 Å². The highest BCUT2D eigenvalue weighted by Gasteiger charge is 2.00. The molecular weight excluding hydrogens is 148 g/mol. The molecule has 0 saturated carbocycles. The van der Waals surface area contributed by atoms with E-state index in [4.69, 9.17) is 0 Å². The number of hydrogen-bond donors (Lipinski definition) is 1. The summed E-state index contributed by atoms with van der Waals surface area (Å²) < 4.78 is 0. The molecule has 58 valence electrons. The van der Waals surface area contributed by atoms with Gasteiger partial charge in [0.1, 0.15) is 0 Å². The normalized spacial score (nSPS) is 9.18. The number of nitrogens with zero attached hydrogens (tertiary/aromatic N) is 3. The zero-order valence-electron chi connectivity index (χ0n) is 5.81. The molecule has 6 nitrogen and oxygen atoms in total. The van der Waals surface area contributed by atoms with Crippen molar-refractivity contribution in [2.45, 2.75) is 6.92 Å². The van der Waals surface area contributed by atoms with E-state index in [1.165, 1.54) is 6.20 Å². The van der Waals surface area contributed by atoms with Gasteiger partial charge >= 0.3 is 0 Å². The number of hydrazine groups is 1. The van der Waals surface area contributed by atoms with Crippen LogP contribution < -0.4 is 5.43 Å². The van der Waals surface area contributed by atoms with Crippen molar-refractivity contribution in [2.75, 3.05) is 5.43 Å². The largest absolute Gasteiger partial charge is 0.285 e. The molecule has 1 rings (SSSR count). The summed E-state index contributed by atoms with van der Waals surface area (Å²) in [4.78, 5) is 17.3. The summed E-state index contributed by atoms with van der Waals surface area (Å²) in [6.45, 7) is 1.73. The Morgan fingerprint density at radius 2 is 2.45 bits per heavy atom. The maximum Gasteiger partial charge on any atom is 0.285 e. The molecule has 1 heterocycles. The zero-order valence-corrected chi connectivity index (χ0v) is 5.81. The fourth-order valence-corrected chi connectivity index (χ4v) is 0.584. The summed E-state index contributed by atoms with van der Waals surface area (Å²) in [5, 5.41) is 9.19. The van der Waals surface area contributed by atoms with Crippen LogP contribution in [0.25, 0.3) is 0 Å². The first kappa shape index (κ1) is 7.39. The van der Waals surface area contributed by atoms with E-state index in [0.717, 1.165) is 0 Å². The molecule has 0 aromatic carbocycles. The molecule has 0 aliphatic carbocycles. The van der Waals surface area contributed by atoms with Gasteiger partial charge < -0.3 is 0 Å². The van der Waals surface area contributed by atoms with E-state index in [-0.39, 0.29) is 5.95 Å². The molecule has 1 aromatic heterocycles. The second kappa shape index (κ2) is 2.91. The van der Waals surface area contributed by atoms with Crippen LogP contribution in [-0.4, -0.2) is 15.0 Å². The average molecular weight is 154 g/mol. The Bertz CT molecular complexity index is 275. The third kappa shape index (κ3) is 2.17. The van der Waals surface area contributed by atoms with Crippen LogP contribution in [0.5, 0.6) is 0 Å². The van der Waals surface area contributed by atoms with Crippen molar-refractivity contribution in [2.24, 2.45) is 0 Å². The van der Waals surface area contributed by atoms with Crippen molar-refractivity contribution in [3.8, 4) is 0 Å². The van der Waals surface area contributed by atoms with Crippen LogP contribution in [0.1, 0.15) is 5.69 Å². The van der Waals surface area contributed by atoms with Crippen LogP contribution in [0, 0.1) is 17.0 Å². The molecule has 1 aromatic rings. The quantitative estimate of drug-likeness (QED) is 0.492. The lowest BCUT2D eigenvalue weighted by Crippen LogP contribution is -2.10. The Balaban J connectivity index is 2.79. The smallest absolute Gasteiger partial charge is 0.234 e. The van der Waals surface area contributed by atoms with Gasteiger partial charge in [0.2, 0.25) is 0 Å². The summed E-state index contributed by atoms with van der Waals surface area (Å²) in [6, 6.07) is 1.66. The van der Waals surface area contributed by atoms with Crippen molar-refractivity contribution < 1.29 is 5.03 Å². The number of aryl methyl sites for hydroxylation is 1. The van der Waals surface area contributed by atoms with Crippen molar-refractivity contribution >= 4 is 5.95 Å². The van der Waals surface area contributed by atoms with E-state index in [9.17, 15) is 10.1 Å². The van der Waals surface area contributed by atoms with Crippen LogP contribution >= 0.6 is 0 Å². The maximum atomic E-state index is 9.89. The topological polar surface area (TPSA) is 81.0 Å². The number of nitrogens with one attached hydrogen (secondary N) is 1. The molecule has 0 spiro atoms. The van der Waals surface area contributed by atoms with Crippen LogP contribution in [-0.2, 0) is 0 Å². The van der Waals surface area contributed by atoms with Gasteiger partial charge in [-0.2, -0.15) is 0 Å². The van der Waals surface area contributed by atoms with Crippen molar-refractivity contribution in [1.82, 2.24) is 9.97 Å². The summed E-state index contributed by atoms with van der Waals surface area (Å²) in [7, 11) is 0. The molecule has 11 heavy (non-hydrogen) atoms. The standard InChI is InChI=1S/C5H6N4O2/c1-4-2-3-6-5(7-4)8-9(10)11/h2-3H,1H3,(H,6,7,8). The third-order valence-corrected chi connectivity index (χ3v) is 0.986. The molecule has 0 amide bonds. The molecule has 0 aliphatic heterocycles. The van der Waals surface area contributed by atoms with Crippen LogP contribution in [0.15, 0.2) is 12.3 Å². The van der Waals surface area contributed by atoms with Gasteiger partial charge in [0, 0.05) is 11.9 Å². The van der Waals surface area contributed by atoms with E-state index < -0.39 is 5.03 Å². The number of aromatic nitrogens is 2. The van der Waals surface area contributed by atoms with Gasteiger partial charge in [-0.1, -0.05) is 5.43 Å². The van der Waals surface area contributed by atoms with E-state index in [1.54, 1.807) is 13.0 Å². The number of hydrogen-bond acceptors (Lipinski definition) is 4. The van der Waals surface area contributed by atoms with Crippen LogP contribution in [0.4, 0.5) is 5.95 Å². The number of anilines is 1. The second-order valence-electron chi connectivity index (χ2n) is 1.89. The average Bonchev–Trinajstić information content (AvgIpc) is 1.85. The van der Waals surface area contributed by atoms with Crippen molar-refractivity contribution in [3.63, 3.8) is 0 Å². The van der Waals surface area contributed by atoms with E-state index in [1.807, 2.05) is 5.43 Å². The Labute approximate surface area is 62.4 Å². The minimum atomic E-state index is -0.700. The Hall–Kier alpha value is -1.72. The summed E-state index contributed by atoms with van der Waals surface area (Å²) in [5.41, 5.74) is 2.53. The Morgan fingerprint density at radius 1 is 1.73 bits per heavy atom. The fraction of sp³-hybridized carbons (Fsp3) is 0.200. The molecule has 1 N–H and O–H groups in total. The third-order valence-electron chi connectivity index (χ3n) is 0.986. The molecule has 0 radical (unpaired) electrons. The lowest BCUT2D eigenvalue weighted by Gasteiger charge is -1.94. The molecule has 0 fully saturated rings. The van der Waals surface area contributed by atoms with E-state index in [2.05, 4.69) is 9.97 Å². The highest BCUT2D eigenvalue weighted by atomic mass is 16.7. The van der Waals surface area contributed by atoms with Crippen LogP contribution in [0.2, 0.25) is 0 Å². The number of rotatable bonds is 2. The Kier molecular flexibility index (Phi) is 1.95. The van der Waals surface area contributed by atoms with Gasteiger partial charge in [0.15, 0.2) is 5.03 Å². The first-order chi connectivity index (χ1) is 5.18. The molecule has 0 atom stereocenters. The van der Waals surface area contributed by atoms with Gasteiger partial charge in [0.25, 0.3) is 5.95 Å². The Morgan fingerprint density at radius 3 is 3.00 bits per heavy atom. The monoisotopic (exact) mass is 154 g/mol. The molecule has 0 unspecified atom stereocenters. The van der Waals surface area contributed by atoms with Crippen LogP contribution in [0.3, 0.4) is 0 Å². The fourth-order valence-electron chi connectivity index (χ4n) is 0.584. The number of nitro groups is 1. The molecule has 0 bridgehead atoms. The van der Waals surface area contributed by atoms with Gasteiger partial charge in [-0.3, -0.25) is 0 Å². The zero-order chi connectivity index (χ0) is 8.27. The summed E-state index contributed by atoms with van der Waals surface area (Å²) in [5.74, 6) is 0.00926. The van der Waals surface area contributed by atoms with Gasteiger partial charge in [-0.25, -0.2) is 20.1 Å². The molecular formula is C5H6N4O2. The summed E-state index contributed by atoms with van der Waals surface area (Å²) in [6.07, 6.45) is 1.45. The molecule has 0 saturated heterocycles. The van der Waals surface area contributed by atoms with Gasteiger partial charge in [-0.15, -0.1) is 0 Å². The van der Waals surface area contributed by atoms with Crippen molar-refractivity contribution in [1.29, 1.82) is 0 Å². The molecule has 0 aliphatic rings. The maximum absolute atomic E-state index is 9.89. The summed E-state index contributed by atoms with van der Waals surface area (Å²) >= 11 is 0. The SMILES string of the molecule is Cc1ccnc(N[N+](=O)[O-])n1. The second-order valence-corrected chi connectivity index (χ2v) is 1.89. The predicted octanol–water partition coefficient (Wildman–Crippen LogP) is 0.389. The van der Waals surface area contributed by atoms with Crippen molar-refractivity contribution in [3.05, 3.63) is 28.1 Å². The first-order valence-electron chi connectivity index (χ1n) is 2.89. The highest BCUT2D eigenvalue weighted by molar-refractivity contribution is 5.20. The molecule has 6 heteroatoms. The first-order valence-corrected chi connectivity index (χ1v) is 2.89.